The van der Waals surface area contributed by atoms with Crippen LogP contribution in [-0.4, -0.2) is 37.5 Å². The Balaban J connectivity index is 1.71. The molecule has 2 aromatic carbocycles. The Morgan fingerprint density at radius 1 is 1.18 bits per heavy atom. The number of rotatable bonds is 7. The predicted octanol–water partition coefficient (Wildman–Crippen LogP) is 2.25. The van der Waals surface area contributed by atoms with E-state index in [9.17, 15) is 14.4 Å². The molecular weight excluding hydrogens is 360 g/mol. The van der Waals surface area contributed by atoms with Gasteiger partial charge in [-0.2, -0.15) is 0 Å². The largest absolute Gasteiger partial charge is 0.482 e. The molecule has 1 aliphatic heterocycles. The molecule has 0 bridgehead atoms. The Bertz CT molecular complexity index is 896. The topological polar surface area (TPSA) is 98.9 Å². The van der Waals surface area contributed by atoms with Gasteiger partial charge in [0.1, 0.15) is 5.75 Å². The van der Waals surface area contributed by atoms with Crippen LogP contribution in [0.4, 0.5) is 5.69 Å². The van der Waals surface area contributed by atoms with Crippen molar-refractivity contribution in [3.05, 3.63) is 59.7 Å². The Hall–Kier alpha value is -3.35. The number of amides is 2. The molecule has 0 radical (unpaired) electrons. The molecule has 7 nitrogen and oxygen atoms in total. The number of carbonyl (C=O) groups excluding carboxylic acids is 3. The first-order valence-corrected chi connectivity index (χ1v) is 9.06. The number of hydrogen-bond donors (Lipinski definition) is 1. The zero-order valence-electron chi connectivity index (χ0n) is 15.6. The summed E-state index contributed by atoms with van der Waals surface area (Å²) >= 11 is 0. The molecule has 0 aromatic heterocycles. The molecule has 2 amide bonds. The van der Waals surface area contributed by atoms with E-state index in [1.807, 2.05) is 18.2 Å². The SMILES string of the molecule is CCOC(=O)COc1cccc(C2CC(=O)N(c3cccc(C(N)=O)c3)C2)c1. The van der Waals surface area contributed by atoms with Crippen LogP contribution in [0.15, 0.2) is 48.5 Å². The fourth-order valence-corrected chi connectivity index (χ4v) is 3.21. The number of benzene rings is 2. The average Bonchev–Trinajstić information content (AvgIpc) is 3.09. The molecular formula is C21H22N2O5. The van der Waals surface area contributed by atoms with Gasteiger partial charge in [-0.25, -0.2) is 4.79 Å². The van der Waals surface area contributed by atoms with Crippen LogP contribution >= 0.6 is 0 Å². The third-order valence-electron chi connectivity index (χ3n) is 4.56. The minimum absolute atomic E-state index is 0.0177. The van der Waals surface area contributed by atoms with Crippen molar-refractivity contribution in [2.75, 3.05) is 24.7 Å². The molecule has 1 saturated heterocycles. The number of esters is 1. The van der Waals surface area contributed by atoms with Gasteiger partial charge in [0.25, 0.3) is 0 Å². The van der Waals surface area contributed by atoms with Crippen molar-refractivity contribution in [3.8, 4) is 5.75 Å². The van der Waals surface area contributed by atoms with Gasteiger partial charge < -0.3 is 20.1 Å². The molecule has 1 atom stereocenters. The summed E-state index contributed by atoms with van der Waals surface area (Å²) in [6, 6.07) is 14.1. The number of hydrogen-bond acceptors (Lipinski definition) is 5. The van der Waals surface area contributed by atoms with Gasteiger partial charge in [0, 0.05) is 30.1 Å². The summed E-state index contributed by atoms with van der Waals surface area (Å²) in [5, 5.41) is 0. The van der Waals surface area contributed by atoms with Gasteiger partial charge in [0.05, 0.1) is 6.61 Å². The summed E-state index contributed by atoms with van der Waals surface area (Å²) in [6.45, 7) is 2.37. The zero-order valence-corrected chi connectivity index (χ0v) is 15.6. The van der Waals surface area contributed by atoms with E-state index in [1.165, 1.54) is 0 Å². The van der Waals surface area contributed by atoms with Crippen LogP contribution in [0.1, 0.15) is 35.2 Å². The molecule has 0 spiro atoms. The van der Waals surface area contributed by atoms with Crippen LogP contribution in [0.5, 0.6) is 5.75 Å². The van der Waals surface area contributed by atoms with Crippen molar-refractivity contribution < 1.29 is 23.9 Å². The van der Waals surface area contributed by atoms with Crippen molar-refractivity contribution in [1.29, 1.82) is 0 Å². The summed E-state index contributed by atoms with van der Waals surface area (Å²) in [6.07, 6.45) is 0.349. The molecule has 2 N–H and O–H groups in total. The lowest BCUT2D eigenvalue weighted by atomic mass is 9.98. The highest BCUT2D eigenvalue weighted by atomic mass is 16.6. The Morgan fingerprint density at radius 3 is 2.71 bits per heavy atom. The fraction of sp³-hybridized carbons (Fsp3) is 0.286. The number of nitrogens with zero attached hydrogens (tertiary/aromatic N) is 1. The van der Waals surface area contributed by atoms with Crippen LogP contribution in [0.25, 0.3) is 0 Å². The van der Waals surface area contributed by atoms with Crippen LogP contribution in [0.3, 0.4) is 0 Å². The number of nitrogens with two attached hydrogens (primary N) is 1. The lowest BCUT2D eigenvalue weighted by Gasteiger charge is -2.18. The van der Waals surface area contributed by atoms with E-state index in [1.54, 1.807) is 42.2 Å². The maximum Gasteiger partial charge on any atom is 0.344 e. The quantitative estimate of drug-likeness (QED) is 0.741. The van der Waals surface area contributed by atoms with Gasteiger partial charge in [-0.3, -0.25) is 9.59 Å². The van der Waals surface area contributed by atoms with E-state index < -0.39 is 11.9 Å². The van der Waals surface area contributed by atoms with Crippen LogP contribution in [0, 0.1) is 0 Å². The van der Waals surface area contributed by atoms with Crippen molar-refractivity contribution in [2.24, 2.45) is 5.73 Å². The maximum absolute atomic E-state index is 12.5. The maximum atomic E-state index is 12.5. The van der Waals surface area contributed by atoms with Gasteiger partial charge in [0.15, 0.2) is 6.61 Å². The highest BCUT2D eigenvalue weighted by Gasteiger charge is 2.32. The lowest BCUT2D eigenvalue weighted by Crippen LogP contribution is -2.24. The molecule has 7 heteroatoms. The molecule has 1 heterocycles. The molecule has 1 fully saturated rings. The predicted molar refractivity (Wildman–Crippen MR) is 103 cm³/mol. The molecule has 1 aliphatic rings. The molecule has 0 saturated carbocycles. The van der Waals surface area contributed by atoms with E-state index in [0.717, 1.165) is 5.56 Å². The monoisotopic (exact) mass is 382 g/mol. The number of carbonyl (C=O) groups is 3. The smallest absolute Gasteiger partial charge is 0.344 e. The zero-order chi connectivity index (χ0) is 20.1. The summed E-state index contributed by atoms with van der Waals surface area (Å²) in [5.41, 5.74) is 7.29. The first kappa shape index (κ1) is 19.4. The molecule has 0 aliphatic carbocycles. The average molecular weight is 382 g/mol. The van der Waals surface area contributed by atoms with E-state index >= 15 is 0 Å². The Morgan fingerprint density at radius 2 is 1.96 bits per heavy atom. The highest BCUT2D eigenvalue weighted by Crippen LogP contribution is 2.33. The summed E-state index contributed by atoms with van der Waals surface area (Å²) in [7, 11) is 0. The highest BCUT2D eigenvalue weighted by molar-refractivity contribution is 5.99. The van der Waals surface area contributed by atoms with Crippen molar-refractivity contribution in [3.63, 3.8) is 0 Å². The second-order valence-electron chi connectivity index (χ2n) is 6.49. The lowest BCUT2D eigenvalue weighted by molar-refractivity contribution is -0.145. The standard InChI is InChI=1S/C21H22N2O5/c1-2-27-20(25)13-28-18-8-4-5-14(10-18)16-11-19(24)23(12-16)17-7-3-6-15(9-17)21(22)26/h3-10,16H,2,11-13H2,1H3,(H2,22,26). The van der Waals surface area contributed by atoms with Gasteiger partial charge >= 0.3 is 5.97 Å². The van der Waals surface area contributed by atoms with Gasteiger partial charge in [-0.05, 0) is 42.8 Å². The molecule has 1 unspecified atom stereocenters. The fourth-order valence-electron chi connectivity index (χ4n) is 3.21. The van der Waals surface area contributed by atoms with Gasteiger partial charge in [0.2, 0.25) is 11.8 Å². The Labute approximate surface area is 163 Å². The first-order valence-electron chi connectivity index (χ1n) is 9.06. The molecule has 3 rings (SSSR count). The van der Waals surface area contributed by atoms with Gasteiger partial charge in [-0.15, -0.1) is 0 Å². The molecule has 2 aromatic rings. The third-order valence-corrected chi connectivity index (χ3v) is 4.56. The van der Waals surface area contributed by atoms with Crippen LogP contribution in [-0.2, 0) is 14.3 Å². The van der Waals surface area contributed by atoms with E-state index in [0.29, 0.717) is 36.6 Å². The summed E-state index contributed by atoms with van der Waals surface area (Å²) in [5.74, 6) is -0.450. The minimum Gasteiger partial charge on any atom is -0.482 e. The van der Waals surface area contributed by atoms with Crippen LogP contribution in [0.2, 0.25) is 0 Å². The van der Waals surface area contributed by atoms with Crippen LogP contribution < -0.4 is 15.4 Å². The van der Waals surface area contributed by atoms with Crippen molar-refractivity contribution in [1.82, 2.24) is 0 Å². The second-order valence-corrected chi connectivity index (χ2v) is 6.49. The first-order chi connectivity index (χ1) is 13.5. The number of ether oxygens (including phenoxy) is 2. The van der Waals surface area contributed by atoms with E-state index in [-0.39, 0.29) is 18.4 Å². The van der Waals surface area contributed by atoms with Gasteiger partial charge in [-0.1, -0.05) is 18.2 Å². The molecule has 146 valence electrons. The van der Waals surface area contributed by atoms with Crippen molar-refractivity contribution >= 4 is 23.5 Å². The molecule has 28 heavy (non-hydrogen) atoms. The van der Waals surface area contributed by atoms with E-state index in [2.05, 4.69) is 0 Å². The Kier molecular flexibility index (Phi) is 5.93. The minimum atomic E-state index is -0.531. The van der Waals surface area contributed by atoms with E-state index in [4.69, 9.17) is 15.2 Å². The van der Waals surface area contributed by atoms with Crippen molar-refractivity contribution in [2.45, 2.75) is 19.3 Å². The summed E-state index contributed by atoms with van der Waals surface area (Å²) < 4.78 is 10.3. The summed E-state index contributed by atoms with van der Waals surface area (Å²) in [4.78, 5) is 37.0. The normalized spacial score (nSPS) is 16.1. The number of primary amides is 1. The third kappa shape index (κ3) is 4.49. The second kappa shape index (κ2) is 8.56. The number of anilines is 1.